The number of hydrogen-bond acceptors (Lipinski definition) is 3. The first-order valence-corrected chi connectivity index (χ1v) is 6.71. The zero-order valence-corrected chi connectivity index (χ0v) is 12.7. The predicted molar refractivity (Wildman–Crippen MR) is 82.8 cm³/mol. The molecule has 0 saturated carbocycles. The van der Waals surface area contributed by atoms with Gasteiger partial charge in [0.1, 0.15) is 0 Å². The van der Waals surface area contributed by atoms with Gasteiger partial charge in [-0.25, -0.2) is 4.79 Å². The molecule has 112 valence electrons. The van der Waals surface area contributed by atoms with Gasteiger partial charge in [0.15, 0.2) is 0 Å². The Labute approximate surface area is 129 Å². The Morgan fingerprint density at radius 2 is 2.00 bits per heavy atom. The molecule has 1 saturated heterocycles. The topological polar surface area (TPSA) is 55.8 Å². The summed E-state index contributed by atoms with van der Waals surface area (Å²) in [6.07, 6.45) is 0. The summed E-state index contributed by atoms with van der Waals surface area (Å²) < 4.78 is 0. The Hall–Kier alpha value is -1.01. The minimum atomic E-state index is -0.106. The molecule has 2 rings (SSSR count). The van der Waals surface area contributed by atoms with Gasteiger partial charge in [0.25, 0.3) is 0 Å². The summed E-state index contributed by atoms with van der Waals surface area (Å²) in [4.78, 5) is 16.0. The molecule has 0 aliphatic carbocycles. The van der Waals surface area contributed by atoms with E-state index in [1.807, 2.05) is 6.07 Å². The van der Waals surface area contributed by atoms with E-state index in [4.69, 9.17) is 16.7 Å². The zero-order valence-electron chi connectivity index (χ0n) is 11.1. The highest BCUT2D eigenvalue weighted by molar-refractivity contribution is 6.30. The number of carbonyl (C=O) groups excluding carboxylic acids is 1. The number of halogens is 2. The molecule has 2 amide bonds. The van der Waals surface area contributed by atoms with Crippen LogP contribution in [0.3, 0.4) is 0 Å². The van der Waals surface area contributed by atoms with E-state index in [2.05, 4.69) is 10.2 Å². The average molecular weight is 320 g/mol. The van der Waals surface area contributed by atoms with Gasteiger partial charge in [-0.05, 0) is 18.2 Å². The van der Waals surface area contributed by atoms with Crippen molar-refractivity contribution in [3.8, 4) is 0 Å². The molecule has 1 aliphatic rings. The van der Waals surface area contributed by atoms with Gasteiger partial charge in [-0.15, -0.1) is 12.4 Å². The van der Waals surface area contributed by atoms with Crippen molar-refractivity contribution in [3.63, 3.8) is 0 Å². The van der Waals surface area contributed by atoms with Gasteiger partial charge >= 0.3 is 6.03 Å². The highest BCUT2D eigenvalue weighted by Crippen LogP contribution is 2.15. The van der Waals surface area contributed by atoms with Crippen LogP contribution in [0.2, 0.25) is 5.02 Å². The molecule has 2 N–H and O–H groups in total. The number of benzene rings is 1. The average Bonchev–Trinajstić information content (AvgIpc) is 2.40. The highest BCUT2D eigenvalue weighted by Gasteiger charge is 2.20. The molecule has 0 atom stereocenters. The van der Waals surface area contributed by atoms with Crippen molar-refractivity contribution in [2.75, 3.05) is 44.6 Å². The molecule has 1 fully saturated rings. The van der Waals surface area contributed by atoms with Gasteiger partial charge in [-0.2, -0.15) is 0 Å². The molecule has 0 bridgehead atoms. The van der Waals surface area contributed by atoms with Crippen LogP contribution in [0.5, 0.6) is 0 Å². The van der Waals surface area contributed by atoms with Crippen LogP contribution in [0.15, 0.2) is 24.3 Å². The third-order valence-corrected chi connectivity index (χ3v) is 3.39. The second-order valence-electron chi connectivity index (χ2n) is 4.49. The fourth-order valence-electron chi connectivity index (χ4n) is 2.08. The summed E-state index contributed by atoms with van der Waals surface area (Å²) in [7, 11) is 0. The van der Waals surface area contributed by atoms with Gasteiger partial charge < -0.3 is 15.3 Å². The van der Waals surface area contributed by atoms with E-state index in [0.29, 0.717) is 30.3 Å². The van der Waals surface area contributed by atoms with E-state index < -0.39 is 0 Å². The Kier molecular flexibility index (Phi) is 7.09. The minimum absolute atomic E-state index is 0. The van der Waals surface area contributed by atoms with E-state index in [9.17, 15) is 4.79 Å². The second kappa shape index (κ2) is 8.32. The molecule has 1 aromatic rings. The molecular formula is C13H19Cl2N3O2. The lowest BCUT2D eigenvalue weighted by Gasteiger charge is -2.34. The van der Waals surface area contributed by atoms with Crippen LogP contribution in [0.1, 0.15) is 0 Å². The smallest absolute Gasteiger partial charge is 0.321 e. The number of piperazine rings is 1. The maximum atomic E-state index is 12.0. The quantitative estimate of drug-likeness (QED) is 0.894. The lowest BCUT2D eigenvalue weighted by Crippen LogP contribution is -2.50. The van der Waals surface area contributed by atoms with Crippen molar-refractivity contribution < 1.29 is 9.90 Å². The lowest BCUT2D eigenvalue weighted by molar-refractivity contribution is 0.127. The molecule has 0 radical (unpaired) electrons. The van der Waals surface area contributed by atoms with Gasteiger partial charge in [0.05, 0.1) is 6.61 Å². The van der Waals surface area contributed by atoms with Crippen molar-refractivity contribution in [3.05, 3.63) is 29.3 Å². The van der Waals surface area contributed by atoms with Crippen LogP contribution < -0.4 is 5.32 Å². The first kappa shape index (κ1) is 17.0. The molecule has 5 nitrogen and oxygen atoms in total. The Balaban J connectivity index is 0.00000200. The molecule has 1 heterocycles. The number of carbonyl (C=O) groups is 1. The molecule has 0 aromatic heterocycles. The number of urea groups is 1. The summed E-state index contributed by atoms with van der Waals surface area (Å²) in [5, 5.41) is 12.3. The number of aliphatic hydroxyl groups excluding tert-OH is 1. The number of nitrogens with zero attached hydrogens (tertiary/aromatic N) is 2. The largest absolute Gasteiger partial charge is 0.395 e. The van der Waals surface area contributed by atoms with Crippen LogP contribution in [0.25, 0.3) is 0 Å². The van der Waals surface area contributed by atoms with E-state index in [-0.39, 0.29) is 25.0 Å². The van der Waals surface area contributed by atoms with Crippen molar-refractivity contribution in [1.29, 1.82) is 0 Å². The number of rotatable bonds is 3. The number of nitrogens with one attached hydrogen (secondary N) is 1. The maximum Gasteiger partial charge on any atom is 0.321 e. The highest BCUT2D eigenvalue weighted by atomic mass is 35.5. The van der Waals surface area contributed by atoms with E-state index >= 15 is 0 Å². The number of β-amino-alcohol motifs (C(OH)–C–C–N with tert-alkyl or cyclic N) is 1. The van der Waals surface area contributed by atoms with Crippen LogP contribution in [-0.2, 0) is 0 Å². The van der Waals surface area contributed by atoms with Crippen molar-refractivity contribution in [1.82, 2.24) is 9.80 Å². The van der Waals surface area contributed by atoms with Crippen molar-refractivity contribution in [2.45, 2.75) is 0 Å². The zero-order chi connectivity index (χ0) is 13.7. The normalized spacial score (nSPS) is 15.6. The Morgan fingerprint density at radius 3 is 2.60 bits per heavy atom. The van der Waals surface area contributed by atoms with Crippen LogP contribution in [0, 0.1) is 0 Å². The standard InChI is InChI=1S/C13H18ClN3O2.ClH/c14-11-2-1-3-12(10-11)15-13(19)17-6-4-16(5-7-17)8-9-18;/h1-3,10,18H,4-9H2,(H,15,19);1H. The number of hydrogen-bond donors (Lipinski definition) is 2. The first-order chi connectivity index (χ1) is 9.19. The lowest BCUT2D eigenvalue weighted by atomic mass is 10.3. The number of amides is 2. The summed E-state index contributed by atoms with van der Waals surface area (Å²) >= 11 is 5.87. The number of anilines is 1. The minimum Gasteiger partial charge on any atom is -0.395 e. The molecular weight excluding hydrogens is 301 g/mol. The van der Waals surface area contributed by atoms with Gasteiger partial charge in [-0.3, -0.25) is 4.90 Å². The summed E-state index contributed by atoms with van der Waals surface area (Å²) in [5.41, 5.74) is 0.704. The maximum absolute atomic E-state index is 12.0. The summed E-state index contributed by atoms with van der Waals surface area (Å²) in [5.74, 6) is 0. The summed E-state index contributed by atoms with van der Waals surface area (Å²) in [6, 6.07) is 7.00. The fourth-order valence-corrected chi connectivity index (χ4v) is 2.28. The number of aliphatic hydroxyl groups is 1. The van der Waals surface area contributed by atoms with Gasteiger partial charge in [-0.1, -0.05) is 17.7 Å². The molecule has 1 aliphatic heterocycles. The Bertz CT molecular complexity index is 437. The van der Waals surface area contributed by atoms with Crippen LogP contribution >= 0.6 is 24.0 Å². The molecule has 1 aromatic carbocycles. The summed E-state index contributed by atoms with van der Waals surface area (Å²) in [6.45, 7) is 3.77. The fraction of sp³-hybridized carbons (Fsp3) is 0.462. The predicted octanol–water partition coefficient (Wildman–Crippen LogP) is 1.90. The van der Waals surface area contributed by atoms with E-state index in [1.165, 1.54) is 0 Å². The van der Waals surface area contributed by atoms with Gasteiger partial charge in [0, 0.05) is 43.4 Å². The van der Waals surface area contributed by atoms with Crippen molar-refractivity contribution >= 4 is 35.7 Å². The van der Waals surface area contributed by atoms with Crippen LogP contribution in [0.4, 0.5) is 10.5 Å². The van der Waals surface area contributed by atoms with Crippen LogP contribution in [-0.4, -0.2) is 60.3 Å². The molecule has 20 heavy (non-hydrogen) atoms. The molecule has 0 spiro atoms. The van der Waals surface area contributed by atoms with E-state index in [1.54, 1.807) is 23.1 Å². The monoisotopic (exact) mass is 319 g/mol. The third-order valence-electron chi connectivity index (χ3n) is 3.15. The third kappa shape index (κ3) is 4.83. The van der Waals surface area contributed by atoms with Gasteiger partial charge in [0.2, 0.25) is 0 Å². The first-order valence-electron chi connectivity index (χ1n) is 6.34. The Morgan fingerprint density at radius 1 is 1.30 bits per heavy atom. The SMILES string of the molecule is Cl.O=C(Nc1cccc(Cl)c1)N1CCN(CCO)CC1. The van der Waals surface area contributed by atoms with E-state index in [0.717, 1.165) is 13.1 Å². The van der Waals surface area contributed by atoms with Crippen molar-refractivity contribution in [2.24, 2.45) is 0 Å². The second-order valence-corrected chi connectivity index (χ2v) is 4.93. The molecule has 7 heteroatoms. The molecule has 0 unspecified atom stereocenters.